The van der Waals surface area contributed by atoms with E-state index >= 15 is 0 Å². The van der Waals surface area contributed by atoms with Gasteiger partial charge in [0.1, 0.15) is 0 Å². The fourth-order valence-electron chi connectivity index (χ4n) is 0.979. The number of hydrogen-bond donors (Lipinski definition) is 1. The van der Waals surface area contributed by atoms with Gasteiger partial charge >= 0.3 is 0 Å². The third-order valence-electron chi connectivity index (χ3n) is 1.71. The molecular weight excluding hydrogens is 210 g/mol. The quantitative estimate of drug-likeness (QED) is 0.424. The van der Waals surface area contributed by atoms with Gasteiger partial charge in [-0.05, 0) is 6.08 Å². The smallest absolute Gasteiger partial charge is 0.267 e. The van der Waals surface area contributed by atoms with Crippen LogP contribution < -0.4 is 5.48 Å². The molecule has 88 valence electrons. The first-order chi connectivity index (χ1) is 7.72. The lowest BCUT2D eigenvalue weighted by molar-refractivity contribution is -0.129. The summed E-state index contributed by atoms with van der Waals surface area (Å²) >= 11 is 0. The number of aromatic nitrogens is 2. The second kappa shape index (κ2) is 6.76. The molecule has 0 unspecified atom stereocenters. The topological polar surface area (TPSA) is 65.4 Å². The Balaban J connectivity index is 2.26. The van der Waals surface area contributed by atoms with Crippen LogP contribution in [0.15, 0.2) is 18.5 Å². The molecule has 0 bridgehead atoms. The number of hydrogen-bond acceptors (Lipinski definition) is 4. The zero-order valence-corrected chi connectivity index (χ0v) is 9.34. The number of ether oxygens (including phenoxy) is 1. The number of nitrogens with zero attached hydrogens (tertiary/aromatic N) is 2. The molecule has 0 spiro atoms. The molecule has 1 amide bonds. The average molecular weight is 225 g/mol. The fourth-order valence-corrected chi connectivity index (χ4v) is 0.979. The maximum atomic E-state index is 11.2. The molecule has 0 aromatic carbocycles. The summed E-state index contributed by atoms with van der Waals surface area (Å²) in [5.41, 5.74) is 3.12. The van der Waals surface area contributed by atoms with E-state index in [2.05, 4.69) is 10.6 Å². The van der Waals surface area contributed by atoms with Crippen LogP contribution in [-0.4, -0.2) is 36.0 Å². The van der Waals surface area contributed by atoms with E-state index in [1.807, 2.05) is 7.05 Å². The minimum atomic E-state index is -0.319. The third kappa shape index (κ3) is 4.72. The van der Waals surface area contributed by atoms with Gasteiger partial charge in [0.2, 0.25) is 0 Å². The number of carbonyl (C=O) groups excluding carboxylic acids is 1. The van der Waals surface area contributed by atoms with Crippen molar-refractivity contribution in [2.45, 2.75) is 0 Å². The van der Waals surface area contributed by atoms with Gasteiger partial charge < -0.3 is 4.74 Å². The summed E-state index contributed by atoms with van der Waals surface area (Å²) in [5, 5.41) is 3.97. The third-order valence-corrected chi connectivity index (χ3v) is 1.71. The maximum Gasteiger partial charge on any atom is 0.267 e. The van der Waals surface area contributed by atoms with Crippen molar-refractivity contribution in [2.75, 3.05) is 20.3 Å². The summed E-state index contributed by atoms with van der Waals surface area (Å²) < 4.78 is 6.41. The zero-order valence-electron chi connectivity index (χ0n) is 9.34. The SMILES string of the molecule is COCCONC(=O)/C=C/c1cnn(C)c1. The van der Waals surface area contributed by atoms with Crippen molar-refractivity contribution in [1.82, 2.24) is 15.3 Å². The molecule has 16 heavy (non-hydrogen) atoms. The summed E-state index contributed by atoms with van der Waals surface area (Å²) in [6.45, 7) is 0.759. The van der Waals surface area contributed by atoms with Gasteiger partial charge in [-0.25, -0.2) is 5.48 Å². The summed E-state index contributed by atoms with van der Waals surface area (Å²) in [7, 11) is 3.37. The Morgan fingerprint density at radius 3 is 3.06 bits per heavy atom. The van der Waals surface area contributed by atoms with Gasteiger partial charge in [-0.15, -0.1) is 0 Å². The molecular formula is C10H15N3O3. The minimum absolute atomic E-state index is 0.319. The van der Waals surface area contributed by atoms with E-state index in [4.69, 9.17) is 9.57 Å². The molecule has 1 heterocycles. The number of aryl methyl sites for hydroxylation is 1. The van der Waals surface area contributed by atoms with Gasteiger partial charge in [0.25, 0.3) is 5.91 Å². The molecule has 6 nitrogen and oxygen atoms in total. The predicted octanol–water partition coefficient (Wildman–Crippen LogP) is 0.127. The predicted molar refractivity (Wildman–Crippen MR) is 58.2 cm³/mol. The van der Waals surface area contributed by atoms with Crippen LogP contribution in [-0.2, 0) is 21.4 Å². The van der Waals surface area contributed by atoms with E-state index in [1.165, 1.54) is 6.08 Å². The van der Waals surface area contributed by atoms with Crippen LogP contribution in [0, 0.1) is 0 Å². The van der Waals surface area contributed by atoms with Crippen LogP contribution in [0.5, 0.6) is 0 Å². The molecule has 1 aromatic rings. The van der Waals surface area contributed by atoms with E-state index < -0.39 is 0 Å². The number of amides is 1. The first-order valence-corrected chi connectivity index (χ1v) is 4.80. The summed E-state index contributed by atoms with van der Waals surface area (Å²) in [4.78, 5) is 16.0. The van der Waals surface area contributed by atoms with Crippen molar-refractivity contribution in [3.63, 3.8) is 0 Å². The Hall–Kier alpha value is -1.66. The van der Waals surface area contributed by atoms with Gasteiger partial charge in [0.05, 0.1) is 19.4 Å². The normalized spacial score (nSPS) is 10.9. The van der Waals surface area contributed by atoms with E-state index in [-0.39, 0.29) is 5.91 Å². The number of carbonyl (C=O) groups is 1. The highest BCUT2D eigenvalue weighted by molar-refractivity contribution is 5.90. The fraction of sp³-hybridized carbons (Fsp3) is 0.400. The lowest BCUT2D eigenvalue weighted by Gasteiger charge is -2.01. The molecule has 1 rings (SSSR count). The van der Waals surface area contributed by atoms with E-state index in [1.54, 1.807) is 30.3 Å². The van der Waals surface area contributed by atoms with Crippen LogP contribution in [0.1, 0.15) is 5.56 Å². The summed E-state index contributed by atoms with van der Waals surface area (Å²) in [6.07, 6.45) is 6.50. The first-order valence-electron chi connectivity index (χ1n) is 4.80. The molecule has 0 saturated heterocycles. The molecule has 0 aliphatic heterocycles. The molecule has 0 saturated carbocycles. The molecule has 6 heteroatoms. The number of nitrogens with one attached hydrogen (secondary N) is 1. The van der Waals surface area contributed by atoms with Crippen molar-refractivity contribution in [3.8, 4) is 0 Å². The molecule has 0 aliphatic carbocycles. The Morgan fingerprint density at radius 2 is 2.44 bits per heavy atom. The van der Waals surface area contributed by atoms with Crippen molar-refractivity contribution >= 4 is 12.0 Å². The number of hydroxylamine groups is 1. The van der Waals surface area contributed by atoms with Gasteiger partial charge in [0.15, 0.2) is 0 Å². The highest BCUT2D eigenvalue weighted by atomic mass is 16.7. The van der Waals surface area contributed by atoms with Crippen LogP contribution in [0.4, 0.5) is 0 Å². The largest absolute Gasteiger partial charge is 0.382 e. The van der Waals surface area contributed by atoms with Crippen molar-refractivity contribution in [1.29, 1.82) is 0 Å². The number of methoxy groups -OCH3 is 1. The molecule has 1 N–H and O–H groups in total. The van der Waals surface area contributed by atoms with Crippen LogP contribution in [0.25, 0.3) is 6.08 Å². The molecule has 0 radical (unpaired) electrons. The van der Waals surface area contributed by atoms with Gasteiger partial charge in [-0.2, -0.15) is 5.10 Å². The zero-order chi connectivity index (χ0) is 11.8. The van der Waals surface area contributed by atoms with Crippen LogP contribution in [0.2, 0.25) is 0 Å². The summed E-state index contributed by atoms with van der Waals surface area (Å²) in [6, 6.07) is 0. The Morgan fingerprint density at radius 1 is 1.62 bits per heavy atom. The molecule has 0 fully saturated rings. The van der Waals surface area contributed by atoms with Gasteiger partial charge in [0, 0.05) is 32.0 Å². The Kier molecular flexibility index (Phi) is 5.24. The van der Waals surface area contributed by atoms with Gasteiger partial charge in [-0.1, -0.05) is 0 Å². The summed E-state index contributed by atoms with van der Waals surface area (Å²) in [5.74, 6) is -0.319. The van der Waals surface area contributed by atoms with Crippen molar-refractivity contribution < 1.29 is 14.4 Å². The minimum Gasteiger partial charge on any atom is -0.382 e. The lowest BCUT2D eigenvalue weighted by atomic mass is 10.3. The second-order valence-corrected chi connectivity index (χ2v) is 3.09. The van der Waals surface area contributed by atoms with E-state index in [9.17, 15) is 4.79 Å². The number of rotatable bonds is 6. The Bertz CT molecular complexity index is 360. The van der Waals surface area contributed by atoms with E-state index in [0.717, 1.165) is 5.56 Å². The molecule has 0 aliphatic rings. The monoisotopic (exact) mass is 225 g/mol. The lowest BCUT2D eigenvalue weighted by Crippen LogP contribution is -2.23. The standard InChI is InChI=1S/C10H15N3O3/c1-13-8-9(7-11-13)3-4-10(14)12-16-6-5-15-2/h3-4,7-8H,5-6H2,1-2H3,(H,12,14)/b4-3+. The highest BCUT2D eigenvalue weighted by Crippen LogP contribution is 1.98. The van der Waals surface area contributed by atoms with Crippen LogP contribution in [0.3, 0.4) is 0 Å². The highest BCUT2D eigenvalue weighted by Gasteiger charge is 1.95. The Labute approximate surface area is 93.8 Å². The maximum absolute atomic E-state index is 11.2. The van der Waals surface area contributed by atoms with Crippen molar-refractivity contribution in [3.05, 3.63) is 24.0 Å². The van der Waals surface area contributed by atoms with Gasteiger partial charge in [-0.3, -0.25) is 14.3 Å². The first kappa shape index (κ1) is 12.4. The molecule has 1 aromatic heterocycles. The molecule has 0 atom stereocenters. The second-order valence-electron chi connectivity index (χ2n) is 3.09. The van der Waals surface area contributed by atoms with E-state index in [0.29, 0.717) is 13.2 Å². The average Bonchev–Trinajstić information content (AvgIpc) is 2.68. The van der Waals surface area contributed by atoms with Crippen molar-refractivity contribution in [2.24, 2.45) is 7.05 Å². The van der Waals surface area contributed by atoms with Crippen LogP contribution >= 0.6 is 0 Å².